The topological polar surface area (TPSA) is 63.9 Å². The Hall–Kier alpha value is -1.73. The molecule has 0 unspecified atom stereocenters. The van der Waals surface area contributed by atoms with Gasteiger partial charge in [-0.3, -0.25) is 18.9 Å². The molecule has 2 aromatic heterocycles. The Kier molecular flexibility index (Phi) is 4.54. The Morgan fingerprint density at radius 1 is 1.50 bits per heavy atom. The third-order valence-corrected chi connectivity index (χ3v) is 4.65. The van der Waals surface area contributed by atoms with E-state index in [1.54, 1.807) is 12.3 Å². The van der Waals surface area contributed by atoms with Gasteiger partial charge < -0.3 is 4.74 Å². The number of piperidine rings is 1. The molecule has 1 aliphatic heterocycles. The molecule has 7 heteroatoms. The fraction of sp³-hybridized carbons (Fsp3) is 0.533. The van der Waals surface area contributed by atoms with Crippen molar-refractivity contribution in [3.05, 3.63) is 33.7 Å². The van der Waals surface area contributed by atoms with Crippen LogP contribution in [0, 0.1) is 0 Å². The largest absolute Gasteiger partial charge is 0.465 e. The molecular weight excluding hydrogens is 302 g/mol. The summed E-state index contributed by atoms with van der Waals surface area (Å²) in [6.45, 7) is 3.55. The zero-order valence-electron chi connectivity index (χ0n) is 12.5. The van der Waals surface area contributed by atoms with E-state index in [4.69, 9.17) is 4.74 Å². The van der Waals surface area contributed by atoms with Crippen LogP contribution in [-0.2, 0) is 16.1 Å². The van der Waals surface area contributed by atoms with Crippen molar-refractivity contribution in [3.63, 3.8) is 0 Å². The van der Waals surface area contributed by atoms with Crippen LogP contribution < -0.4 is 5.56 Å². The van der Waals surface area contributed by atoms with Gasteiger partial charge in [0.05, 0.1) is 12.3 Å². The van der Waals surface area contributed by atoms with Crippen LogP contribution in [0.25, 0.3) is 4.96 Å². The van der Waals surface area contributed by atoms with Crippen molar-refractivity contribution in [2.75, 3.05) is 13.2 Å². The van der Waals surface area contributed by atoms with E-state index in [-0.39, 0.29) is 17.6 Å². The number of fused-ring (bicyclic) bond motifs is 1. The van der Waals surface area contributed by atoms with Crippen LogP contribution in [0.5, 0.6) is 0 Å². The fourth-order valence-electron chi connectivity index (χ4n) is 2.86. The summed E-state index contributed by atoms with van der Waals surface area (Å²) in [7, 11) is 0. The van der Waals surface area contributed by atoms with Gasteiger partial charge in [-0.05, 0) is 26.3 Å². The third-order valence-electron chi connectivity index (χ3n) is 3.89. The average molecular weight is 321 g/mol. The standard InChI is InChI=1S/C15H19N3O3S/c1-2-21-14(20)12-5-3-4-6-17(12)10-11-9-13(19)18-7-8-22-15(18)16-11/h7-9,12H,2-6,10H2,1H3/t12-/m0/s1. The molecule has 3 rings (SSSR count). The summed E-state index contributed by atoms with van der Waals surface area (Å²) in [6.07, 6.45) is 4.61. The molecule has 0 N–H and O–H groups in total. The van der Waals surface area contributed by atoms with Gasteiger partial charge in [0.2, 0.25) is 0 Å². The summed E-state index contributed by atoms with van der Waals surface area (Å²) in [5, 5.41) is 1.84. The highest BCUT2D eigenvalue weighted by Crippen LogP contribution is 2.20. The van der Waals surface area contributed by atoms with Gasteiger partial charge in [-0.2, -0.15) is 0 Å². The summed E-state index contributed by atoms with van der Waals surface area (Å²) in [5.74, 6) is -0.170. The lowest BCUT2D eigenvalue weighted by atomic mass is 10.0. The van der Waals surface area contributed by atoms with Crippen LogP contribution in [0.4, 0.5) is 0 Å². The van der Waals surface area contributed by atoms with E-state index in [1.807, 2.05) is 12.3 Å². The summed E-state index contributed by atoms with van der Waals surface area (Å²) in [6, 6.07) is 1.33. The zero-order chi connectivity index (χ0) is 15.5. The minimum Gasteiger partial charge on any atom is -0.465 e. The number of nitrogens with zero attached hydrogens (tertiary/aromatic N) is 3. The number of hydrogen-bond acceptors (Lipinski definition) is 6. The maximum atomic E-state index is 12.1. The average Bonchev–Trinajstić information content (AvgIpc) is 2.97. The van der Waals surface area contributed by atoms with E-state index in [2.05, 4.69) is 9.88 Å². The summed E-state index contributed by atoms with van der Waals surface area (Å²) in [4.78, 5) is 31.4. The maximum Gasteiger partial charge on any atom is 0.323 e. The number of carbonyl (C=O) groups is 1. The van der Waals surface area contributed by atoms with Crippen molar-refractivity contribution in [3.8, 4) is 0 Å². The minimum absolute atomic E-state index is 0.0778. The second-order valence-electron chi connectivity index (χ2n) is 5.38. The molecule has 0 spiro atoms. The fourth-order valence-corrected chi connectivity index (χ4v) is 3.60. The van der Waals surface area contributed by atoms with Gasteiger partial charge in [-0.15, -0.1) is 11.3 Å². The molecule has 1 saturated heterocycles. The smallest absolute Gasteiger partial charge is 0.323 e. The number of ether oxygens (including phenoxy) is 1. The van der Waals surface area contributed by atoms with Crippen molar-refractivity contribution in [2.45, 2.75) is 38.8 Å². The molecule has 0 saturated carbocycles. The van der Waals surface area contributed by atoms with E-state index >= 15 is 0 Å². The van der Waals surface area contributed by atoms with Crippen molar-refractivity contribution in [2.24, 2.45) is 0 Å². The number of carbonyl (C=O) groups excluding carboxylic acids is 1. The van der Waals surface area contributed by atoms with E-state index in [9.17, 15) is 9.59 Å². The monoisotopic (exact) mass is 321 g/mol. The van der Waals surface area contributed by atoms with E-state index < -0.39 is 0 Å². The van der Waals surface area contributed by atoms with Crippen LogP contribution in [0.1, 0.15) is 31.9 Å². The number of hydrogen-bond donors (Lipinski definition) is 0. The molecule has 1 aliphatic rings. The first kappa shape index (κ1) is 15.2. The van der Waals surface area contributed by atoms with E-state index in [0.717, 1.165) is 25.8 Å². The van der Waals surface area contributed by atoms with Crippen LogP contribution in [0.3, 0.4) is 0 Å². The van der Waals surface area contributed by atoms with Crippen molar-refractivity contribution in [1.82, 2.24) is 14.3 Å². The van der Waals surface area contributed by atoms with Crippen molar-refractivity contribution < 1.29 is 9.53 Å². The molecule has 0 aromatic carbocycles. The number of likely N-dealkylation sites (tertiary alicyclic amines) is 1. The predicted octanol–water partition coefficient (Wildman–Crippen LogP) is 1.67. The normalized spacial score (nSPS) is 19.4. The van der Waals surface area contributed by atoms with Gasteiger partial charge in [-0.25, -0.2) is 4.98 Å². The maximum absolute atomic E-state index is 12.1. The second kappa shape index (κ2) is 6.58. The number of rotatable bonds is 4. The predicted molar refractivity (Wildman–Crippen MR) is 84.0 cm³/mol. The van der Waals surface area contributed by atoms with Crippen LogP contribution in [0.15, 0.2) is 22.4 Å². The molecule has 0 aliphatic carbocycles. The number of aromatic nitrogens is 2. The molecule has 0 bridgehead atoms. The molecule has 1 atom stereocenters. The highest BCUT2D eigenvalue weighted by atomic mass is 32.1. The van der Waals surface area contributed by atoms with Gasteiger partial charge in [0.25, 0.3) is 5.56 Å². The lowest BCUT2D eigenvalue weighted by Gasteiger charge is -2.33. The molecule has 0 radical (unpaired) electrons. The van der Waals surface area contributed by atoms with Crippen LogP contribution in [-0.4, -0.2) is 39.4 Å². The Morgan fingerprint density at radius 3 is 3.18 bits per heavy atom. The Balaban J connectivity index is 1.82. The van der Waals surface area contributed by atoms with Gasteiger partial charge in [0, 0.05) is 24.2 Å². The van der Waals surface area contributed by atoms with E-state index in [0.29, 0.717) is 23.8 Å². The molecule has 0 amide bonds. The van der Waals surface area contributed by atoms with Crippen LogP contribution in [0.2, 0.25) is 0 Å². The first-order chi connectivity index (χ1) is 10.7. The first-order valence-electron chi connectivity index (χ1n) is 7.55. The summed E-state index contributed by atoms with van der Waals surface area (Å²) >= 11 is 1.43. The zero-order valence-corrected chi connectivity index (χ0v) is 13.3. The van der Waals surface area contributed by atoms with Crippen molar-refractivity contribution in [1.29, 1.82) is 0 Å². The molecule has 6 nitrogen and oxygen atoms in total. The number of esters is 1. The van der Waals surface area contributed by atoms with Crippen molar-refractivity contribution >= 4 is 22.3 Å². The summed E-state index contributed by atoms with van der Waals surface area (Å²) < 4.78 is 6.70. The SMILES string of the molecule is CCOC(=O)[C@@H]1CCCCN1Cc1cc(=O)n2ccsc2n1. The van der Waals surface area contributed by atoms with Crippen LogP contribution >= 0.6 is 11.3 Å². The minimum atomic E-state index is -0.225. The Bertz CT molecular complexity index is 724. The highest BCUT2D eigenvalue weighted by Gasteiger charge is 2.30. The molecule has 1 fully saturated rings. The third kappa shape index (κ3) is 3.05. The lowest BCUT2D eigenvalue weighted by Crippen LogP contribution is -2.45. The molecule has 3 heterocycles. The molecule has 22 heavy (non-hydrogen) atoms. The first-order valence-corrected chi connectivity index (χ1v) is 8.43. The van der Waals surface area contributed by atoms with Gasteiger partial charge in [0.15, 0.2) is 4.96 Å². The molecule has 118 valence electrons. The van der Waals surface area contributed by atoms with Gasteiger partial charge in [-0.1, -0.05) is 6.42 Å². The second-order valence-corrected chi connectivity index (χ2v) is 6.25. The Labute approximate surface area is 132 Å². The van der Waals surface area contributed by atoms with Gasteiger partial charge in [0.1, 0.15) is 6.04 Å². The highest BCUT2D eigenvalue weighted by molar-refractivity contribution is 7.15. The molecular formula is C15H19N3O3S. The lowest BCUT2D eigenvalue weighted by molar-refractivity contribution is -0.151. The quantitative estimate of drug-likeness (QED) is 0.802. The summed E-state index contributed by atoms with van der Waals surface area (Å²) in [5.41, 5.74) is 0.634. The van der Waals surface area contributed by atoms with E-state index in [1.165, 1.54) is 15.7 Å². The number of thiazole rings is 1. The Morgan fingerprint density at radius 2 is 2.36 bits per heavy atom. The van der Waals surface area contributed by atoms with Gasteiger partial charge >= 0.3 is 5.97 Å². The molecule has 2 aromatic rings.